The lowest BCUT2D eigenvalue weighted by molar-refractivity contribution is -0.122. The first-order valence-corrected chi connectivity index (χ1v) is 5.97. The minimum Gasteiger partial charge on any atom is -0.502 e. The summed E-state index contributed by atoms with van der Waals surface area (Å²) in [5.41, 5.74) is 7.84. The first-order chi connectivity index (χ1) is 8.65. The van der Waals surface area contributed by atoms with Crippen LogP contribution in [0.1, 0.15) is 23.6 Å². The molecule has 1 aromatic rings. The number of carbonyl (C=O) groups is 1. The van der Waals surface area contributed by atoms with Crippen LogP contribution in [0.25, 0.3) is 0 Å². The number of hydrogen-bond acceptors (Lipinski definition) is 3. The zero-order chi connectivity index (χ0) is 13.4. The van der Waals surface area contributed by atoms with Crippen molar-refractivity contribution >= 4 is 5.91 Å². The normalized spacial score (nSPS) is 11.7. The lowest BCUT2D eigenvalue weighted by atomic mass is 10.1. The van der Waals surface area contributed by atoms with E-state index in [-0.39, 0.29) is 5.91 Å². The second-order valence-electron chi connectivity index (χ2n) is 4.07. The summed E-state index contributed by atoms with van der Waals surface area (Å²) in [7, 11) is 0. The minimum absolute atomic E-state index is 0.169. The number of nitrogens with one attached hydrogen (secondary N) is 1. The molecule has 0 aromatic heterocycles. The summed E-state index contributed by atoms with van der Waals surface area (Å²) in [5, 5.41) is 2.78. The Morgan fingerprint density at radius 1 is 1.50 bits per heavy atom. The number of amides is 1. The third-order valence-corrected chi connectivity index (χ3v) is 2.57. The molecule has 1 atom stereocenters. The molecule has 0 heterocycles. The minimum atomic E-state index is -0.620. The van der Waals surface area contributed by atoms with Crippen LogP contribution in [-0.2, 0) is 9.53 Å². The molecule has 0 spiro atoms. The highest BCUT2D eigenvalue weighted by Crippen LogP contribution is 2.11. The Kier molecular flexibility index (Phi) is 5.94. The van der Waals surface area contributed by atoms with Crippen molar-refractivity contribution in [3.8, 4) is 0 Å². The maximum absolute atomic E-state index is 11.8. The van der Waals surface area contributed by atoms with E-state index in [0.29, 0.717) is 13.2 Å². The van der Waals surface area contributed by atoms with E-state index in [1.165, 1.54) is 6.26 Å². The van der Waals surface area contributed by atoms with Crippen LogP contribution in [0.2, 0.25) is 0 Å². The van der Waals surface area contributed by atoms with Gasteiger partial charge in [0.05, 0.1) is 12.9 Å². The predicted octanol–water partition coefficient (Wildman–Crippen LogP) is 1.66. The van der Waals surface area contributed by atoms with Crippen LogP contribution < -0.4 is 11.1 Å². The van der Waals surface area contributed by atoms with E-state index in [2.05, 4.69) is 11.9 Å². The van der Waals surface area contributed by atoms with Gasteiger partial charge in [0.25, 0.3) is 0 Å². The van der Waals surface area contributed by atoms with Gasteiger partial charge in [-0.3, -0.25) is 4.79 Å². The van der Waals surface area contributed by atoms with E-state index in [0.717, 1.165) is 17.5 Å². The van der Waals surface area contributed by atoms with Crippen molar-refractivity contribution in [1.29, 1.82) is 0 Å². The molecule has 0 saturated carbocycles. The number of carbonyl (C=O) groups excluding carboxylic acids is 1. The third kappa shape index (κ3) is 4.59. The molecule has 4 heteroatoms. The van der Waals surface area contributed by atoms with Gasteiger partial charge in [-0.1, -0.05) is 36.4 Å². The lowest BCUT2D eigenvalue weighted by Crippen LogP contribution is -2.34. The van der Waals surface area contributed by atoms with Crippen LogP contribution in [0.15, 0.2) is 37.1 Å². The Morgan fingerprint density at radius 3 is 2.78 bits per heavy atom. The summed E-state index contributed by atoms with van der Waals surface area (Å²) in [6.45, 7) is 6.53. The molecule has 0 aliphatic heterocycles. The van der Waals surface area contributed by atoms with Crippen molar-refractivity contribution in [3.63, 3.8) is 0 Å². The average Bonchev–Trinajstić information content (AvgIpc) is 2.38. The number of rotatable bonds is 7. The monoisotopic (exact) mass is 248 g/mol. The molecular weight excluding hydrogens is 228 g/mol. The second-order valence-corrected chi connectivity index (χ2v) is 4.07. The van der Waals surface area contributed by atoms with Gasteiger partial charge in [-0.05, 0) is 18.9 Å². The highest BCUT2D eigenvalue weighted by molar-refractivity contribution is 5.82. The fourth-order valence-corrected chi connectivity index (χ4v) is 1.49. The Balaban J connectivity index is 2.37. The van der Waals surface area contributed by atoms with E-state index in [1.54, 1.807) is 0 Å². The van der Waals surface area contributed by atoms with Gasteiger partial charge in [-0.2, -0.15) is 0 Å². The van der Waals surface area contributed by atoms with Crippen molar-refractivity contribution in [2.24, 2.45) is 5.73 Å². The Hall–Kier alpha value is -1.81. The van der Waals surface area contributed by atoms with Crippen molar-refractivity contribution < 1.29 is 9.53 Å². The zero-order valence-electron chi connectivity index (χ0n) is 10.7. The van der Waals surface area contributed by atoms with Crippen LogP contribution in [0.3, 0.4) is 0 Å². The standard InChI is InChI=1S/C14H20N2O2/c1-3-18-10-4-9-16-14(17)13(15)12-7-5-11(2)6-8-12/h3,5-8,13H,1,4,9-10,15H2,2H3,(H,16,17). The fraction of sp³-hybridized carbons (Fsp3) is 0.357. The molecule has 1 unspecified atom stereocenters. The molecule has 18 heavy (non-hydrogen) atoms. The molecule has 1 amide bonds. The van der Waals surface area contributed by atoms with E-state index >= 15 is 0 Å². The van der Waals surface area contributed by atoms with Crippen LogP contribution in [-0.4, -0.2) is 19.1 Å². The first-order valence-electron chi connectivity index (χ1n) is 5.97. The Labute approximate surface area is 108 Å². The van der Waals surface area contributed by atoms with Gasteiger partial charge < -0.3 is 15.8 Å². The van der Waals surface area contributed by atoms with Crippen molar-refractivity contribution in [2.75, 3.05) is 13.2 Å². The molecule has 0 aliphatic rings. The van der Waals surface area contributed by atoms with Crippen LogP contribution in [0, 0.1) is 6.92 Å². The molecular formula is C14H20N2O2. The number of nitrogens with two attached hydrogens (primary N) is 1. The van der Waals surface area contributed by atoms with E-state index in [9.17, 15) is 4.79 Å². The molecule has 1 rings (SSSR count). The van der Waals surface area contributed by atoms with E-state index < -0.39 is 6.04 Å². The molecule has 0 aliphatic carbocycles. The molecule has 98 valence electrons. The zero-order valence-corrected chi connectivity index (χ0v) is 10.7. The summed E-state index contributed by atoms with van der Waals surface area (Å²) in [6.07, 6.45) is 2.12. The van der Waals surface area contributed by atoms with E-state index in [4.69, 9.17) is 10.5 Å². The predicted molar refractivity (Wildman–Crippen MR) is 71.9 cm³/mol. The maximum atomic E-state index is 11.8. The van der Waals surface area contributed by atoms with Crippen molar-refractivity contribution in [2.45, 2.75) is 19.4 Å². The summed E-state index contributed by atoms with van der Waals surface area (Å²) < 4.78 is 4.95. The lowest BCUT2D eigenvalue weighted by Gasteiger charge is -2.12. The highest BCUT2D eigenvalue weighted by atomic mass is 16.5. The maximum Gasteiger partial charge on any atom is 0.241 e. The average molecular weight is 248 g/mol. The van der Waals surface area contributed by atoms with Gasteiger partial charge in [0.15, 0.2) is 0 Å². The first kappa shape index (κ1) is 14.3. The smallest absolute Gasteiger partial charge is 0.241 e. The Morgan fingerprint density at radius 2 is 2.17 bits per heavy atom. The fourth-order valence-electron chi connectivity index (χ4n) is 1.49. The molecule has 4 nitrogen and oxygen atoms in total. The summed E-state index contributed by atoms with van der Waals surface area (Å²) in [5.74, 6) is -0.169. The summed E-state index contributed by atoms with van der Waals surface area (Å²) in [6, 6.07) is 7.02. The van der Waals surface area contributed by atoms with Gasteiger partial charge in [-0.15, -0.1) is 0 Å². The van der Waals surface area contributed by atoms with Crippen molar-refractivity contribution in [1.82, 2.24) is 5.32 Å². The quantitative estimate of drug-likeness (QED) is 0.570. The summed E-state index contributed by atoms with van der Waals surface area (Å²) in [4.78, 5) is 11.8. The molecule has 0 radical (unpaired) electrons. The van der Waals surface area contributed by atoms with E-state index in [1.807, 2.05) is 31.2 Å². The molecule has 3 N–H and O–H groups in total. The molecule has 1 aromatic carbocycles. The van der Waals surface area contributed by atoms with Gasteiger partial charge >= 0.3 is 0 Å². The molecule has 0 bridgehead atoms. The van der Waals surface area contributed by atoms with Crippen LogP contribution in [0.5, 0.6) is 0 Å². The number of ether oxygens (including phenoxy) is 1. The largest absolute Gasteiger partial charge is 0.502 e. The van der Waals surface area contributed by atoms with Crippen molar-refractivity contribution in [3.05, 3.63) is 48.2 Å². The van der Waals surface area contributed by atoms with Crippen LogP contribution in [0.4, 0.5) is 0 Å². The number of benzene rings is 1. The second kappa shape index (κ2) is 7.50. The number of hydrogen-bond donors (Lipinski definition) is 2. The van der Waals surface area contributed by atoms with Gasteiger partial charge in [0.2, 0.25) is 5.91 Å². The highest BCUT2D eigenvalue weighted by Gasteiger charge is 2.14. The van der Waals surface area contributed by atoms with Gasteiger partial charge in [0.1, 0.15) is 6.04 Å². The van der Waals surface area contributed by atoms with Gasteiger partial charge in [0, 0.05) is 6.54 Å². The summed E-state index contributed by atoms with van der Waals surface area (Å²) >= 11 is 0. The molecule has 0 fully saturated rings. The topological polar surface area (TPSA) is 64.3 Å². The Bertz CT molecular complexity index is 387. The molecule has 0 saturated heterocycles. The van der Waals surface area contributed by atoms with Gasteiger partial charge in [-0.25, -0.2) is 0 Å². The SMILES string of the molecule is C=COCCCNC(=O)C(N)c1ccc(C)cc1. The number of aryl methyl sites for hydroxylation is 1. The third-order valence-electron chi connectivity index (χ3n) is 2.57. The van der Waals surface area contributed by atoms with Crippen LogP contribution >= 0.6 is 0 Å².